The van der Waals surface area contributed by atoms with Crippen LogP contribution in [0.3, 0.4) is 0 Å². The molecule has 0 radical (unpaired) electrons. The number of alkyl halides is 3. The van der Waals surface area contributed by atoms with Crippen LogP contribution in [0.15, 0.2) is 65.6 Å². The number of nitrogens with one attached hydrogen (secondary N) is 1. The fraction of sp³-hybridized carbons (Fsp3) is 0.447. The third-order valence-electron chi connectivity index (χ3n) is 9.52. The number of carbonyl (C=O) groups is 3. The first-order valence-electron chi connectivity index (χ1n) is 17.6. The zero-order valence-electron chi connectivity index (χ0n) is 28.8. The van der Waals surface area contributed by atoms with Crippen LogP contribution in [0, 0.1) is 0 Å². The molecule has 2 amide bonds. The van der Waals surface area contributed by atoms with Gasteiger partial charge in [0.2, 0.25) is 11.5 Å². The largest absolute Gasteiger partial charge is 0.470 e. The molecule has 1 aliphatic heterocycles. The molecule has 0 spiro atoms. The van der Waals surface area contributed by atoms with Gasteiger partial charge in [0.25, 0.3) is 5.88 Å². The van der Waals surface area contributed by atoms with Gasteiger partial charge in [0.15, 0.2) is 5.82 Å². The Morgan fingerprint density at radius 1 is 1.04 bits per heavy atom. The van der Waals surface area contributed by atoms with Gasteiger partial charge >= 0.3 is 18.2 Å². The molecular formula is C38H41F3N4O7. The molecule has 1 N–H and O–H groups in total. The molecule has 1 saturated heterocycles. The number of likely N-dealkylation sites (tertiary alicyclic amines) is 1. The van der Waals surface area contributed by atoms with E-state index >= 15 is 0 Å². The zero-order valence-corrected chi connectivity index (χ0v) is 28.8. The number of aromatic nitrogens is 2. The Morgan fingerprint density at radius 2 is 1.79 bits per heavy atom. The number of rotatable bonds is 13. The summed E-state index contributed by atoms with van der Waals surface area (Å²) in [6.45, 7) is 3.70. The van der Waals surface area contributed by atoms with E-state index in [9.17, 15) is 27.6 Å². The van der Waals surface area contributed by atoms with Gasteiger partial charge in [-0.25, -0.2) is 14.6 Å². The first kappa shape index (κ1) is 36.6. The first-order chi connectivity index (χ1) is 25.0. The van der Waals surface area contributed by atoms with Crippen LogP contribution in [0.5, 0.6) is 5.88 Å². The lowest BCUT2D eigenvalue weighted by Gasteiger charge is -2.28. The highest BCUT2D eigenvalue weighted by atomic mass is 19.4. The summed E-state index contributed by atoms with van der Waals surface area (Å²) in [5.74, 6) is -1.04. The van der Waals surface area contributed by atoms with Crippen LogP contribution in [0.2, 0.25) is 0 Å². The topological polar surface area (TPSA) is 133 Å². The number of hydrogen-bond donors (Lipinski definition) is 1. The van der Waals surface area contributed by atoms with Crippen molar-refractivity contribution in [3.8, 4) is 17.3 Å². The second-order valence-electron chi connectivity index (χ2n) is 13.1. The average molecular weight is 723 g/mol. The molecule has 3 heterocycles. The van der Waals surface area contributed by atoms with Crippen LogP contribution < -0.4 is 10.1 Å². The quantitative estimate of drug-likeness (QED) is 0.0835. The second kappa shape index (κ2) is 16.0. The number of benzene rings is 2. The summed E-state index contributed by atoms with van der Waals surface area (Å²) < 4.78 is 63.1. The summed E-state index contributed by atoms with van der Waals surface area (Å²) in [5, 5.41) is 3.40. The summed E-state index contributed by atoms with van der Waals surface area (Å²) in [7, 11) is 1.23. The lowest BCUT2D eigenvalue weighted by molar-refractivity contribution is -0.151. The third-order valence-corrected chi connectivity index (χ3v) is 9.52. The van der Waals surface area contributed by atoms with Crippen molar-refractivity contribution >= 4 is 40.0 Å². The van der Waals surface area contributed by atoms with Crippen LogP contribution in [0.1, 0.15) is 69.8 Å². The van der Waals surface area contributed by atoms with Gasteiger partial charge in [-0.15, -0.1) is 6.58 Å². The zero-order chi connectivity index (χ0) is 36.8. The minimum absolute atomic E-state index is 0.00366. The van der Waals surface area contributed by atoms with Gasteiger partial charge in [-0.3, -0.25) is 4.79 Å². The lowest BCUT2D eigenvalue weighted by atomic mass is 10.1. The molecule has 1 saturated carbocycles. The predicted octanol–water partition coefficient (Wildman–Crippen LogP) is 7.76. The minimum atomic E-state index is -4.52. The Balaban J connectivity index is 1.28. The second-order valence-corrected chi connectivity index (χ2v) is 13.1. The Morgan fingerprint density at radius 3 is 2.50 bits per heavy atom. The van der Waals surface area contributed by atoms with Crippen LogP contribution in [0.4, 0.5) is 18.0 Å². The number of alkyl carbamates (subject to hydrolysis) is 1. The fourth-order valence-electron chi connectivity index (χ4n) is 6.83. The number of hydrogen-bond acceptors (Lipinski definition) is 9. The number of unbranched alkanes of at least 4 members (excludes halogenated alkanes) is 3. The van der Waals surface area contributed by atoms with Gasteiger partial charge in [0.05, 0.1) is 19.2 Å². The number of para-hydroxylation sites is 1. The molecule has 2 aromatic carbocycles. The van der Waals surface area contributed by atoms with Crippen LogP contribution >= 0.6 is 0 Å². The van der Waals surface area contributed by atoms with Gasteiger partial charge in [0, 0.05) is 17.4 Å². The maximum absolute atomic E-state index is 14.2. The fourth-order valence-corrected chi connectivity index (χ4v) is 6.83. The van der Waals surface area contributed by atoms with Crippen molar-refractivity contribution in [1.82, 2.24) is 20.2 Å². The number of halogens is 3. The van der Waals surface area contributed by atoms with Crippen molar-refractivity contribution in [2.75, 3.05) is 13.7 Å². The molecule has 4 aromatic rings. The van der Waals surface area contributed by atoms with Crippen molar-refractivity contribution in [3.63, 3.8) is 0 Å². The van der Waals surface area contributed by atoms with Crippen LogP contribution in [-0.4, -0.2) is 70.8 Å². The molecular weight excluding hydrogens is 681 g/mol. The Labute approximate surface area is 298 Å². The molecule has 0 bridgehead atoms. The number of amides is 2. The Hall–Kier alpha value is -5.14. The highest BCUT2D eigenvalue weighted by Crippen LogP contribution is 2.37. The molecule has 2 aliphatic rings. The number of ether oxygens (including phenoxy) is 3. The highest BCUT2D eigenvalue weighted by Gasteiger charge is 2.44. The highest BCUT2D eigenvalue weighted by molar-refractivity contribution is 6.04. The number of allylic oxidation sites excluding steroid dienone is 1. The van der Waals surface area contributed by atoms with E-state index in [1.54, 1.807) is 24.3 Å². The van der Waals surface area contributed by atoms with Crippen LogP contribution in [-0.2, 0) is 25.2 Å². The number of nitrogens with zero attached hydrogens (tertiary/aromatic N) is 3. The van der Waals surface area contributed by atoms with Crippen molar-refractivity contribution < 1.29 is 46.2 Å². The van der Waals surface area contributed by atoms with Crippen molar-refractivity contribution in [2.24, 2.45) is 0 Å². The SMILES string of the molecule is C=CCCCCC[C@H](NC(=O)OC1CCCC1)C(=O)N1C[C@H](Oc2nc(-c3ccc(C(F)(F)F)cc3)nc3c2oc2ccccc23)C[C@H]1C(=O)OC. The van der Waals surface area contributed by atoms with E-state index in [2.05, 4.69) is 21.9 Å². The van der Waals surface area contributed by atoms with E-state index in [-0.39, 0.29) is 36.4 Å². The summed E-state index contributed by atoms with van der Waals surface area (Å²) in [5.41, 5.74) is 0.566. The van der Waals surface area contributed by atoms with E-state index < -0.39 is 47.9 Å². The summed E-state index contributed by atoms with van der Waals surface area (Å²) >= 11 is 0. The minimum Gasteiger partial charge on any atom is -0.470 e. The van der Waals surface area contributed by atoms with Crippen molar-refractivity contribution in [2.45, 2.75) is 94.7 Å². The average Bonchev–Trinajstić information content (AvgIpc) is 3.89. The summed E-state index contributed by atoms with van der Waals surface area (Å²) in [6, 6.07) is 9.58. The Kier molecular flexibility index (Phi) is 11.3. The van der Waals surface area contributed by atoms with Gasteiger partial charge < -0.3 is 28.8 Å². The number of carbonyl (C=O) groups excluding carboxylic acids is 3. The van der Waals surface area contributed by atoms with E-state index in [4.69, 9.17) is 18.6 Å². The number of furan rings is 1. The van der Waals surface area contributed by atoms with E-state index in [1.165, 1.54) is 24.1 Å². The standard InChI is InChI=1S/C38H41F3N4O7/c1-3-4-5-6-7-15-28(42-37(48)51-25-12-8-9-13-25)35(46)45-22-26(21-29(45)36(47)49-2)50-34-32-31(27-14-10-11-16-30(27)52-32)43-33(44-34)23-17-19-24(20-18-23)38(39,40)41/h3,10-11,14,16-20,25-26,28-29H,1,4-9,12-13,15,21-22H2,2H3,(H,42,48)/t26-,28+,29+/m1/s1. The predicted molar refractivity (Wildman–Crippen MR) is 185 cm³/mol. The maximum atomic E-state index is 14.2. The van der Waals surface area contributed by atoms with Gasteiger partial charge in [-0.2, -0.15) is 18.2 Å². The molecule has 3 atom stereocenters. The number of methoxy groups -OCH3 is 1. The van der Waals surface area contributed by atoms with Crippen molar-refractivity contribution in [3.05, 3.63) is 66.7 Å². The molecule has 6 rings (SSSR count). The van der Waals surface area contributed by atoms with Gasteiger partial charge in [-0.05, 0) is 69.2 Å². The normalized spacial score (nSPS) is 18.4. The molecule has 52 heavy (non-hydrogen) atoms. The molecule has 0 unspecified atom stereocenters. The third kappa shape index (κ3) is 8.32. The smallest absolute Gasteiger partial charge is 0.416 e. The summed E-state index contributed by atoms with van der Waals surface area (Å²) in [6.07, 6.45) is 2.65. The van der Waals surface area contributed by atoms with E-state index in [0.717, 1.165) is 57.1 Å². The summed E-state index contributed by atoms with van der Waals surface area (Å²) in [4.78, 5) is 50.8. The molecule has 11 nitrogen and oxygen atoms in total. The maximum Gasteiger partial charge on any atom is 0.416 e. The lowest BCUT2D eigenvalue weighted by Crippen LogP contribution is -2.52. The molecule has 276 valence electrons. The number of fused-ring (bicyclic) bond motifs is 3. The van der Waals surface area contributed by atoms with Gasteiger partial charge in [0.1, 0.15) is 35.4 Å². The first-order valence-corrected chi connectivity index (χ1v) is 17.6. The van der Waals surface area contributed by atoms with Crippen molar-refractivity contribution in [1.29, 1.82) is 0 Å². The van der Waals surface area contributed by atoms with Crippen LogP contribution in [0.25, 0.3) is 33.5 Å². The monoisotopic (exact) mass is 722 g/mol. The van der Waals surface area contributed by atoms with E-state index in [0.29, 0.717) is 34.9 Å². The number of esters is 1. The Bertz CT molecular complexity index is 1910. The molecule has 1 aliphatic carbocycles. The molecule has 2 fully saturated rings. The molecule has 14 heteroatoms. The molecule has 2 aromatic heterocycles. The van der Waals surface area contributed by atoms with Gasteiger partial charge in [-0.1, -0.05) is 43.2 Å². The van der Waals surface area contributed by atoms with E-state index in [1.807, 2.05) is 6.08 Å².